The van der Waals surface area contributed by atoms with E-state index < -0.39 is 10.0 Å². The van der Waals surface area contributed by atoms with Gasteiger partial charge in [0.15, 0.2) is 0 Å². The molecule has 0 fully saturated rings. The fourth-order valence-corrected chi connectivity index (χ4v) is 4.62. The van der Waals surface area contributed by atoms with E-state index in [-0.39, 0.29) is 5.95 Å². The van der Waals surface area contributed by atoms with Gasteiger partial charge in [0.2, 0.25) is 0 Å². The van der Waals surface area contributed by atoms with E-state index >= 15 is 0 Å². The van der Waals surface area contributed by atoms with Gasteiger partial charge in [0, 0.05) is 0 Å². The normalized spacial score (nSPS) is 11.6. The fraction of sp³-hybridized carbons (Fsp3) is 0.300. The van der Waals surface area contributed by atoms with Crippen molar-refractivity contribution in [3.63, 3.8) is 0 Å². The average molecular weight is 385 g/mol. The summed E-state index contributed by atoms with van der Waals surface area (Å²) in [5.74, 6) is 0.0695. The van der Waals surface area contributed by atoms with Crippen molar-refractivity contribution in [2.24, 2.45) is 0 Å². The largest absolute Gasteiger partial charge is 0.264 e. The summed E-state index contributed by atoms with van der Waals surface area (Å²) in [6.45, 7) is 10.0. The lowest BCUT2D eigenvalue weighted by Crippen LogP contribution is -2.18. The predicted molar refractivity (Wildman–Crippen MR) is 107 cm³/mol. The van der Waals surface area contributed by atoms with E-state index in [9.17, 15) is 8.42 Å². The van der Waals surface area contributed by atoms with Gasteiger partial charge in [-0.15, -0.1) is 5.10 Å². The SMILES string of the molecule is Cc1ccc(Cn2cnc(NS(=O)(=O)c3c(C)c(C)cc(C)c3C)n2)cc1. The number of hydrogen-bond donors (Lipinski definition) is 1. The van der Waals surface area contributed by atoms with Crippen LogP contribution < -0.4 is 4.72 Å². The summed E-state index contributed by atoms with van der Waals surface area (Å²) in [6.07, 6.45) is 1.53. The summed E-state index contributed by atoms with van der Waals surface area (Å²) in [7, 11) is -3.77. The zero-order chi connectivity index (χ0) is 19.8. The molecule has 1 N–H and O–H groups in total. The van der Waals surface area contributed by atoms with Gasteiger partial charge >= 0.3 is 0 Å². The Labute approximate surface area is 160 Å². The molecular formula is C20H24N4O2S. The summed E-state index contributed by atoms with van der Waals surface area (Å²) in [5.41, 5.74) is 5.62. The average Bonchev–Trinajstić information content (AvgIpc) is 3.01. The maximum absolute atomic E-state index is 13.0. The predicted octanol–water partition coefficient (Wildman–Crippen LogP) is 3.67. The molecule has 3 rings (SSSR count). The molecule has 27 heavy (non-hydrogen) atoms. The van der Waals surface area contributed by atoms with E-state index in [0.29, 0.717) is 11.4 Å². The summed E-state index contributed by atoms with van der Waals surface area (Å²) in [5, 5.41) is 4.26. The molecule has 0 aliphatic heterocycles. The molecule has 0 unspecified atom stereocenters. The number of aryl methyl sites for hydroxylation is 3. The topological polar surface area (TPSA) is 76.9 Å². The Balaban J connectivity index is 1.86. The summed E-state index contributed by atoms with van der Waals surface area (Å²) in [6, 6.07) is 10.1. The minimum atomic E-state index is -3.77. The van der Waals surface area contributed by atoms with Gasteiger partial charge in [-0.3, -0.25) is 0 Å². The van der Waals surface area contributed by atoms with Crippen molar-refractivity contribution in [1.29, 1.82) is 0 Å². The number of anilines is 1. The van der Waals surface area contributed by atoms with Crippen LogP contribution in [0.25, 0.3) is 0 Å². The van der Waals surface area contributed by atoms with Crippen molar-refractivity contribution in [3.05, 3.63) is 70.0 Å². The van der Waals surface area contributed by atoms with Crippen LogP contribution in [0.5, 0.6) is 0 Å². The number of aromatic nitrogens is 3. The minimum Gasteiger partial charge on any atom is -0.246 e. The van der Waals surface area contributed by atoms with Crippen LogP contribution in [0.4, 0.5) is 5.95 Å². The third-order valence-corrected chi connectivity index (χ3v) is 6.39. The number of hydrogen-bond acceptors (Lipinski definition) is 4. The first kappa shape index (κ1) is 19.1. The molecule has 0 amide bonds. The summed E-state index contributed by atoms with van der Waals surface area (Å²) >= 11 is 0. The van der Waals surface area contributed by atoms with E-state index in [1.165, 1.54) is 11.9 Å². The van der Waals surface area contributed by atoms with E-state index in [1.807, 2.05) is 65.0 Å². The monoisotopic (exact) mass is 384 g/mol. The zero-order valence-corrected chi connectivity index (χ0v) is 17.1. The molecule has 2 aromatic carbocycles. The molecule has 1 aromatic heterocycles. The Kier molecular flexibility index (Phi) is 5.06. The van der Waals surface area contributed by atoms with Gasteiger partial charge in [-0.1, -0.05) is 35.9 Å². The van der Waals surface area contributed by atoms with Crippen LogP contribution >= 0.6 is 0 Å². The van der Waals surface area contributed by atoms with Crippen molar-refractivity contribution < 1.29 is 8.42 Å². The highest BCUT2D eigenvalue weighted by Crippen LogP contribution is 2.27. The minimum absolute atomic E-state index is 0.0695. The van der Waals surface area contributed by atoms with Crippen LogP contribution in [0.1, 0.15) is 33.4 Å². The Morgan fingerprint density at radius 1 is 0.963 bits per heavy atom. The van der Waals surface area contributed by atoms with Crippen LogP contribution in [0, 0.1) is 34.6 Å². The Morgan fingerprint density at radius 3 is 2.15 bits per heavy atom. The van der Waals surface area contributed by atoms with Crippen molar-refractivity contribution in [3.8, 4) is 0 Å². The highest BCUT2D eigenvalue weighted by Gasteiger charge is 2.23. The van der Waals surface area contributed by atoms with E-state index in [4.69, 9.17) is 0 Å². The molecule has 3 aromatic rings. The van der Waals surface area contributed by atoms with Gasteiger partial charge in [-0.2, -0.15) is 4.98 Å². The molecule has 6 nitrogen and oxygen atoms in total. The van der Waals surface area contributed by atoms with Crippen LogP contribution in [-0.4, -0.2) is 23.2 Å². The highest BCUT2D eigenvalue weighted by atomic mass is 32.2. The lowest BCUT2D eigenvalue weighted by molar-refractivity contribution is 0.599. The molecule has 142 valence electrons. The zero-order valence-electron chi connectivity index (χ0n) is 16.2. The first-order valence-corrected chi connectivity index (χ1v) is 10.2. The molecular weight excluding hydrogens is 360 g/mol. The summed E-state index contributed by atoms with van der Waals surface area (Å²) in [4.78, 5) is 4.41. The van der Waals surface area contributed by atoms with Gasteiger partial charge < -0.3 is 0 Å². The smallest absolute Gasteiger partial charge is 0.246 e. The van der Waals surface area contributed by atoms with Crippen molar-refractivity contribution in [2.75, 3.05) is 4.72 Å². The second-order valence-electron chi connectivity index (χ2n) is 6.95. The Morgan fingerprint density at radius 2 is 1.56 bits per heavy atom. The third kappa shape index (κ3) is 4.03. The van der Waals surface area contributed by atoms with Crippen molar-refractivity contribution >= 4 is 16.0 Å². The van der Waals surface area contributed by atoms with Gasteiger partial charge in [-0.05, 0) is 62.4 Å². The van der Waals surface area contributed by atoms with Crippen LogP contribution in [0.2, 0.25) is 0 Å². The molecule has 7 heteroatoms. The molecule has 0 aliphatic rings. The Bertz CT molecular complexity index is 1060. The van der Waals surface area contributed by atoms with Gasteiger partial charge in [-0.25, -0.2) is 17.8 Å². The van der Waals surface area contributed by atoms with Crippen LogP contribution in [0.15, 0.2) is 41.6 Å². The fourth-order valence-electron chi connectivity index (χ4n) is 3.05. The second kappa shape index (κ2) is 7.15. The highest BCUT2D eigenvalue weighted by molar-refractivity contribution is 7.92. The van der Waals surface area contributed by atoms with E-state index in [1.54, 1.807) is 4.68 Å². The van der Waals surface area contributed by atoms with Crippen molar-refractivity contribution in [1.82, 2.24) is 14.8 Å². The van der Waals surface area contributed by atoms with Crippen LogP contribution in [-0.2, 0) is 16.6 Å². The van der Waals surface area contributed by atoms with Gasteiger partial charge in [0.1, 0.15) is 6.33 Å². The quantitative estimate of drug-likeness (QED) is 0.728. The lowest BCUT2D eigenvalue weighted by atomic mass is 10.0. The van der Waals surface area contributed by atoms with Gasteiger partial charge in [0.05, 0.1) is 11.4 Å². The molecule has 0 atom stereocenters. The molecule has 0 saturated heterocycles. The van der Waals surface area contributed by atoms with Gasteiger partial charge in [0.25, 0.3) is 16.0 Å². The molecule has 0 bridgehead atoms. The number of sulfonamides is 1. The molecule has 1 heterocycles. The van der Waals surface area contributed by atoms with Crippen LogP contribution in [0.3, 0.4) is 0 Å². The standard InChI is InChI=1S/C20H24N4O2S/c1-13-6-8-18(9-7-13)11-24-12-21-20(22-24)23-27(25,26)19-16(4)14(2)10-15(3)17(19)5/h6-10,12H,11H2,1-5H3,(H,22,23). The molecule has 0 aliphatic carbocycles. The number of rotatable bonds is 5. The molecule has 0 radical (unpaired) electrons. The summed E-state index contributed by atoms with van der Waals surface area (Å²) < 4.78 is 30.0. The lowest BCUT2D eigenvalue weighted by Gasteiger charge is -2.15. The number of benzene rings is 2. The second-order valence-corrected chi connectivity index (χ2v) is 8.57. The number of nitrogens with one attached hydrogen (secondary N) is 1. The maximum atomic E-state index is 13.0. The molecule has 0 saturated carbocycles. The van der Waals surface area contributed by atoms with E-state index in [2.05, 4.69) is 14.8 Å². The number of nitrogens with zero attached hydrogens (tertiary/aromatic N) is 3. The third-order valence-electron chi connectivity index (χ3n) is 4.79. The first-order valence-electron chi connectivity index (χ1n) is 8.72. The van der Waals surface area contributed by atoms with Crippen molar-refractivity contribution in [2.45, 2.75) is 46.1 Å². The Hall–Kier alpha value is -2.67. The first-order chi connectivity index (χ1) is 12.7. The maximum Gasteiger partial charge on any atom is 0.264 e. The van der Waals surface area contributed by atoms with E-state index in [0.717, 1.165) is 27.8 Å². The molecule has 0 spiro atoms.